The maximum atomic E-state index is 12.5. The molecule has 1 rings (SSSR count). The highest BCUT2D eigenvalue weighted by molar-refractivity contribution is 7.56. The second kappa shape index (κ2) is 6.86. The molecule has 0 aliphatic carbocycles. The van der Waals surface area contributed by atoms with Gasteiger partial charge in [0, 0.05) is 6.54 Å². The molecule has 0 fully saturated rings. The van der Waals surface area contributed by atoms with Crippen molar-refractivity contribution in [3.63, 3.8) is 0 Å². The van der Waals surface area contributed by atoms with Crippen LogP contribution in [0.2, 0.25) is 0 Å². The van der Waals surface area contributed by atoms with E-state index in [9.17, 15) is 4.57 Å². The Morgan fingerprint density at radius 2 is 1.67 bits per heavy atom. The lowest BCUT2D eigenvalue weighted by Crippen LogP contribution is -2.31. The standard InChI is InChI=1S/C13H22N3OP/c1-15(2)18(17,16(3)4)14-12-8-11-13-9-6-5-7-10-13/h5-11H,12H2,1-4H3,(H,14,17)/b11-8+. The minimum Gasteiger partial charge on any atom is -0.271 e. The van der Waals surface area contributed by atoms with E-state index >= 15 is 0 Å². The Morgan fingerprint density at radius 1 is 1.11 bits per heavy atom. The van der Waals surface area contributed by atoms with Crippen LogP contribution in [0.1, 0.15) is 5.56 Å². The highest BCUT2D eigenvalue weighted by atomic mass is 31.2. The number of hydrogen-bond donors (Lipinski definition) is 1. The molecule has 0 aromatic heterocycles. The molecule has 0 heterocycles. The lowest BCUT2D eigenvalue weighted by molar-refractivity contribution is 0.435. The van der Waals surface area contributed by atoms with Crippen molar-refractivity contribution in [2.24, 2.45) is 0 Å². The SMILES string of the molecule is CN(C)P(=O)(NC/C=C/c1ccccc1)N(C)C. The van der Waals surface area contributed by atoms with Gasteiger partial charge in [-0.25, -0.2) is 14.4 Å². The van der Waals surface area contributed by atoms with Crippen LogP contribution in [0.5, 0.6) is 0 Å². The fourth-order valence-electron chi connectivity index (χ4n) is 1.57. The Labute approximate surface area is 110 Å². The van der Waals surface area contributed by atoms with Crippen LogP contribution >= 0.6 is 7.59 Å². The highest BCUT2D eigenvalue weighted by Gasteiger charge is 2.26. The molecule has 0 radical (unpaired) electrons. The number of nitrogens with zero attached hydrogens (tertiary/aromatic N) is 2. The summed E-state index contributed by atoms with van der Waals surface area (Å²) in [6.07, 6.45) is 4.00. The fraction of sp³-hybridized carbons (Fsp3) is 0.385. The Bertz CT molecular complexity index is 417. The summed E-state index contributed by atoms with van der Waals surface area (Å²) in [4.78, 5) is 0. The van der Waals surface area contributed by atoms with E-state index in [0.717, 1.165) is 5.56 Å². The Kier molecular flexibility index (Phi) is 5.76. The second-order valence-electron chi connectivity index (χ2n) is 4.41. The second-order valence-corrected chi connectivity index (χ2v) is 7.42. The molecule has 1 aromatic rings. The van der Waals surface area contributed by atoms with Crippen molar-refractivity contribution >= 4 is 13.7 Å². The first-order chi connectivity index (χ1) is 8.47. The van der Waals surface area contributed by atoms with Gasteiger partial charge in [0.1, 0.15) is 0 Å². The van der Waals surface area contributed by atoms with Crippen molar-refractivity contribution in [3.05, 3.63) is 42.0 Å². The predicted molar refractivity (Wildman–Crippen MR) is 78.5 cm³/mol. The quantitative estimate of drug-likeness (QED) is 0.803. The maximum Gasteiger partial charge on any atom is 0.283 e. The predicted octanol–water partition coefficient (Wildman–Crippen LogP) is 2.52. The molecule has 0 aliphatic rings. The molecule has 0 saturated carbocycles. The molecule has 18 heavy (non-hydrogen) atoms. The summed E-state index contributed by atoms with van der Waals surface area (Å²) in [6.45, 7) is 0.572. The normalized spacial score (nSPS) is 12.8. The van der Waals surface area contributed by atoms with Gasteiger partial charge in [0.25, 0.3) is 7.59 Å². The van der Waals surface area contributed by atoms with Crippen LogP contribution in [0, 0.1) is 0 Å². The zero-order valence-electron chi connectivity index (χ0n) is 11.5. The van der Waals surface area contributed by atoms with E-state index in [1.807, 2.05) is 70.7 Å². The van der Waals surface area contributed by atoms with E-state index < -0.39 is 7.59 Å². The third kappa shape index (κ3) is 4.07. The largest absolute Gasteiger partial charge is 0.283 e. The monoisotopic (exact) mass is 267 g/mol. The van der Waals surface area contributed by atoms with Crippen molar-refractivity contribution < 1.29 is 4.57 Å². The van der Waals surface area contributed by atoms with Gasteiger partial charge in [0.15, 0.2) is 0 Å². The van der Waals surface area contributed by atoms with Gasteiger partial charge in [-0.3, -0.25) is 4.57 Å². The third-order valence-electron chi connectivity index (χ3n) is 2.61. The van der Waals surface area contributed by atoms with Crippen LogP contribution in [0.3, 0.4) is 0 Å². The van der Waals surface area contributed by atoms with E-state index in [0.29, 0.717) is 6.54 Å². The smallest absolute Gasteiger partial charge is 0.271 e. The average Bonchev–Trinajstić information content (AvgIpc) is 2.35. The van der Waals surface area contributed by atoms with Crippen molar-refractivity contribution in [2.75, 3.05) is 34.7 Å². The van der Waals surface area contributed by atoms with Gasteiger partial charge in [-0.1, -0.05) is 42.5 Å². The Hall–Kier alpha value is -0.930. The number of benzene rings is 1. The number of nitrogens with one attached hydrogen (secondary N) is 1. The summed E-state index contributed by atoms with van der Waals surface area (Å²) in [6, 6.07) is 10.1. The van der Waals surface area contributed by atoms with Gasteiger partial charge < -0.3 is 0 Å². The first-order valence-corrected chi connectivity index (χ1v) is 7.50. The summed E-state index contributed by atoms with van der Waals surface area (Å²) in [5.74, 6) is 0. The van der Waals surface area contributed by atoms with E-state index in [2.05, 4.69) is 5.09 Å². The molecular formula is C13H22N3OP. The van der Waals surface area contributed by atoms with Crippen molar-refractivity contribution in [2.45, 2.75) is 0 Å². The topological polar surface area (TPSA) is 35.6 Å². The number of rotatable bonds is 6. The molecule has 0 bridgehead atoms. The first kappa shape index (κ1) is 15.1. The van der Waals surface area contributed by atoms with Gasteiger partial charge >= 0.3 is 0 Å². The lowest BCUT2D eigenvalue weighted by Gasteiger charge is -2.30. The van der Waals surface area contributed by atoms with Crippen molar-refractivity contribution in [3.8, 4) is 0 Å². The van der Waals surface area contributed by atoms with Crippen LogP contribution in [-0.2, 0) is 4.57 Å². The molecule has 0 unspecified atom stereocenters. The molecule has 0 spiro atoms. The molecule has 5 heteroatoms. The van der Waals surface area contributed by atoms with E-state index in [1.165, 1.54) is 0 Å². The van der Waals surface area contributed by atoms with Gasteiger partial charge in [-0.2, -0.15) is 0 Å². The zero-order valence-corrected chi connectivity index (χ0v) is 12.4. The molecular weight excluding hydrogens is 245 g/mol. The molecule has 0 saturated heterocycles. The van der Waals surface area contributed by atoms with Crippen LogP contribution < -0.4 is 5.09 Å². The summed E-state index contributed by atoms with van der Waals surface area (Å²) >= 11 is 0. The van der Waals surface area contributed by atoms with Crippen LogP contribution in [0.25, 0.3) is 6.08 Å². The number of hydrogen-bond acceptors (Lipinski definition) is 1. The third-order valence-corrected chi connectivity index (χ3v) is 5.37. The molecule has 0 atom stereocenters. The molecule has 0 amide bonds. The van der Waals surface area contributed by atoms with Crippen molar-refractivity contribution in [1.82, 2.24) is 14.4 Å². The first-order valence-electron chi connectivity index (χ1n) is 5.89. The van der Waals surface area contributed by atoms with Gasteiger partial charge in [-0.15, -0.1) is 0 Å². The molecule has 100 valence electrons. The van der Waals surface area contributed by atoms with Crippen LogP contribution in [-0.4, -0.2) is 44.1 Å². The molecule has 1 N–H and O–H groups in total. The minimum atomic E-state index is -2.62. The molecule has 4 nitrogen and oxygen atoms in total. The summed E-state index contributed by atoms with van der Waals surface area (Å²) in [5.41, 5.74) is 1.14. The van der Waals surface area contributed by atoms with Gasteiger partial charge in [0.05, 0.1) is 0 Å². The fourth-order valence-corrected chi connectivity index (χ4v) is 3.20. The highest BCUT2D eigenvalue weighted by Crippen LogP contribution is 2.44. The van der Waals surface area contributed by atoms with Gasteiger partial charge in [-0.05, 0) is 33.8 Å². The van der Waals surface area contributed by atoms with Crippen LogP contribution in [0.15, 0.2) is 36.4 Å². The Balaban J connectivity index is 2.55. The summed E-state index contributed by atoms with van der Waals surface area (Å²) in [5, 5.41) is 3.09. The van der Waals surface area contributed by atoms with Gasteiger partial charge in [0.2, 0.25) is 0 Å². The van der Waals surface area contributed by atoms with E-state index in [-0.39, 0.29) is 0 Å². The maximum absolute atomic E-state index is 12.5. The molecule has 0 aliphatic heterocycles. The summed E-state index contributed by atoms with van der Waals surface area (Å²) < 4.78 is 16.0. The average molecular weight is 267 g/mol. The van der Waals surface area contributed by atoms with Crippen molar-refractivity contribution in [1.29, 1.82) is 0 Å². The summed E-state index contributed by atoms with van der Waals surface area (Å²) in [7, 11) is 4.64. The minimum absolute atomic E-state index is 0.572. The Morgan fingerprint density at radius 3 is 2.17 bits per heavy atom. The molecule has 1 aromatic carbocycles. The lowest BCUT2D eigenvalue weighted by atomic mass is 10.2. The van der Waals surface area contributed by atoms with Crippen LogP contribution in [0.4, 0.5) is 0 Å². The zero-order chi connectivity index (χ0) is 13.6. The van der Waals surface area contributed by atoms with E-state index in [1.54, 1.807) is 9.34 Å². The van der Waals surface area contributed by atoms with E-state index in [4.69, 9.17) is 0 Å².